The van der Waals surface area contributed by atoms with Crippen LogP contribution in [0.25, 0.3) is 0 Å². The van der Waals surface area contributed by atoms with E-state index in [0.717, 1.165) is 12.1 Å². The van der Waals surface area contributed by atoms with Crippen LogP contribution in [0.15, 0.2) is 40.9 Å². The van der Waals surface area contributed by atoms with Crippen LogP contribution < -0.4 is 10.9 Å². The molecule has 114 valence electrons. The molecule has 0 aliphatic heterocycles. The first-order valence-electron chi connectivity index (χ1n) is 5.90. The average molecular weight is 406 g/mol. The summed E-state index contributed by atoms with van der Waals surface area (Å²) < 4.78 is 13.9. The van der Waals surface area contributed by atoms with Crippen LogP contribution in [0.2, 0.25) is 10.0 Å². The fourth-order valence-corrected chi connectivity index (χ4v) is 2.52. The zero-order valence-electron chi connectivity index (χ0n) is 10.8. The molecule has 4 nitrogen and oxygen atoms in total. The van der Waals surface area contributed by atoms with Crippen molar-refractivity contribution >= 4 is 50.9 Å². The van der Waals surface area contributed by atoms with E-state index in [1.165, 1.54) is 0 Å². The molecule has 0 bridgehead atoms. The zero-order valence-corrected chi connectivity index (χ0v) is 13.9. The highest BCUT2D eigenvalue weighted by Gasteiger charge is 2.16. The Balaban J connectivity index is 2.09. The van der Waals surface area contributed by atoms with Crippen molar-refractivity contribution in [1.82, 2.24) is 10.9 Å². The molecule has 0 aromatic heterocycles. The van der Waals surface area contributed by atoms with Crippen molar-refractivity contribution in [3.63, 3.8) is 0 Å². The summed E-state index contributed by atoms with van der Waals surface area (Å²) in [4.78, 5) is 23.8. The number of benzene rings is 2. The van der Waals surface area contributed by atoms with Gasteiger partial charge in [0.05, 0.1) is 21.2 Å². The molecule has 0 spiro atoms. The van der Waals surface area contributed by atoms with E-state index in [1.54, 1.807) is 24.3 Å². The molecule has 2 amide bonds. The van der Waals surface area contributed by atoms with Gasteiger partial charge in [-0.2, -0.15) is 0 Å². The van der Waals surface area contributed by atoms with E-state index in [1.807, 2.05) is 0 Å². The highest BCUT2D eigenvalue weighted by atomic mass is 79.9. The van der Waals surface area contributed by atoms with Crippen LogP contribution in [-0.2, 0) is 0 Å². The number of carbonyl (C=O) groups excluding carboxylic acids is 2. The van der Waals surface area contributed by atoms with E-state index < -0.39 is 17.6 Å². The molecule has 0 aliphatic carbocycles. The smallest absolute Gasteiger partial charge is 0.267 e. The summed E-state index contributed by atoms with van der Waals surface area (Å²) in [5.41, 5.74) is 4.56. The lowest BCUT2D eigenvalue weighted by Crippen LogP contribution is -2.41. The van der Waals surface area contributed by atoms with Crippen molar-refractivity contribution in [3.05, 3.63) is 67.9 Å². The maximum absolute atomic E-state index is 13.4. The maximum atomic E-state index is 13.4. The largest absolute Gasteiger partial charge is 0.271 e. The number of hydrazine groups is 1. The zero-order chi connectivity index (χ0) is 16.3. The summed E-state index contributed by atoms with van der Waals surface area (Å²) in [6, 6.07) is 8.68. The lowest BCUT2D eigenvalue weighted by atomic mass is 10.2. The molecule has 0 saturated carbocycles. The Kier molecular flexibility index (Phi) is 5.39. The number of carbonyl (C=O) groups is 2. The Labute approximate surface area is 143 Å². The van der Waals surface area contributed by atoms with Gasteiger partial charge in [-0.25, -0.2) is 4.39 Å². The molecule has 0 fully saturated rings. The van der Waals surface area contributed by atoms with E-state index >= 15 is 0 Å². The minimum atomic E-state index is -0.784. The van der Waals surface area contributed by atoms with Crippen molar-refractivity contribution in [2.75, 3.05) is 0 Å². The minimum Gasteiger partial charge on any atom is -0.267 e. The Morgan fingerprint density at radius 1 is 0.955 bits per heavy atom. The van der Waals surface area contributed by atoms with Gasteiger partial charge < -0.3 is 0 Å². The van der Waals surface area contributed by atoms with E-state index in [2.05, 4.69) is 26.8 Å². The van der Waals surface area contributed by atoms with Gasteiger partial charge in [-0.05, 0) is 40.2 Å². The normalized spacial score (nSPS) is 10.2. The molecule has 8 heteroatoms. The SMILES string of the molecule is O=C(NNC(=O)c1ccccc1Br)c1cc(F)c(Cl)cc1Cl. The van der Waals surface area contributed by atoms with Gasteiger partial charge in [0.15, 0.2) is 0 Å². The first kappa shape index (κ1) is 16.7. The average Bonchev–Trinajstić information content (AvgIpc) is 2.48. The molecule has 2 aromatic carbocycles. The van der Waals surface area contributed by atoms with Crippen LogP contribution in [0, 0.1) is 5.82 Å². The highest BCUT2D eigenvalue weighted by molar-refractivity contribution is 9.10. The number of nitrogens with one attached hydrogen (secondary N) is 2. The highest BCUT2D eigenvalue weighted by Crippen LogP contribution is 2.24. The Hall–Kier alpha value is -1.63. The van der Waals surface area contributed by atoms with Gasteiger partial charge in [0.1, 0.15) is 5.82 Å². The minimum absolute atomic E-state index is 0.0287. The predicted octanol–water partition coefficient (Wildman–Crippen LogP) is 3.97. The third-order valence-corrected chi connectivity index (χ3v) is 3.96. The third kappa shape index (κ3) is 3.76. The molecule has 22 heavy (non-hydrogen) atoms. The van der Waals surface area contributed by atoms with Gasteiger partial charge in [-0.3, -0.25) is 20.4 Å². The summed E-state index contributed by atoms with van der Waals surface area (Å²) in [7, 11) is 0. The molecule has 2 aromatic rings. The fraction of sp³-hybridized carbons (Fsp3) is 0. The number of hydrogen-bond acceptors (Lipinski definition) is 2. The van der Waals surface area contributed by atoms with Crippen LogP contribution >= 0.6 is 39.1 Å². The molecule has 2 N–H and O–H groups in total. The second kappa shape index (κ2) is 7.09. The molecule has 0 atom stereocenters. The van der Waals surface area contributed by atoms with Crippen molar-refractivity contribution in [1.29, 1.82) is 0 Å². The van der Waals surface area contributed by atoms with Gasteiger partial charge >= 0.3 is 0 Å². The summed E-state index contributed by atoms with van der Waals surface area (Å²) in [5, 5.41) is -0.224. The number of amides is 2. The molecule has 0 aliphatic rings. The van der Waals surface area contributed by atoms with E-state index in [9.17, 15) is 14.0 Å². The first-order chi connectivity index (χ1) is 10.4. The predicted molar refractivity (Wildman–Crippen MR) is 85.5 cm³/mol. The van der Waals surface area contributed by atoms with E-state index in [-0.39, 0.29) is 15.6 Å². The van der Waals surface area contributed by atoms with Gasteiger partial charge in [-0.15, -0.1) is 0 Å². The Morgan fingerprint density at radius 3 is 2.18 bits per heavy atom. The van der Waals surface area contributed by atoms with Crippen molar-refractivity contribution in [2.24, 2.45) is 0 Å². The second-order valence-electron chi connectivity index (χ2n) is 4.13. The van der Waals surface area contributed by atoms with Crippen molar-refractivity contribution in [2.45, 2.75) is 0 Å². The van der Waals surface area contributed by atoms with Crippen LogP contribution in [0.1, 0.15) is 20.7 Å². The topological polar surface area (TPSA) is 58.2 Å². The van der Waals surface area contributed by atoms with E-state index in [0.29, 0.717) is 10.0 Å². The van der Waals surface area contributed by atoms with Crippen LogP contribution in [0.5, 0.6) is 0 Å². The lowest BCUT2D eigenvalue weighted by Gasteiger charge is -2.10. The molecular weight excluding hydrogens is 398 g/mol. The summed E-state index contributed by atoms with van der Waals surface area (Å²) in [5.74, 6) is -2.08. The second-order valence-corrected chi connectivity index (χ2v) is 5.80. The van der Waals surface area contributed by atoms with Crippen LogP contribution in [0.3, 0.4) is 0 Å². The Morgan fingerprint density at radius 2 is 1.55 bits per heavy atom. The van der Waals surface area contributed by atoms with Gasteiger partial charge in [0.25, 0.3) is 11.8 Å². The summed E-state index contributed by atoms with van der Waals surface area (Å²) in [6.45, 7) is 0. The molecule has 0 radical (unpaired) electrons. The standard InChI is InChI=1S/C14H8BrCl2FN2O2/c15-9-4-2-1-3-7(9)13(21)19-20-14(22)8-5-12(18)11(17)6-10(8)16/h1-6H,(H,19,21)(H,20,22). The van der Waals surface area contributed by atoms with Gasteiger partial charge in [-0.1, -0.05) is 35.3 Å². The summed E-state index contributed by atoms with van der Waals surface area (Å²) in [6.07, 6.45) is 0. The number of hydrogen-bond donors (Lipinski definition) is 2. The lowest BCUT2D eigenvalue weighted by molar-refractivity contribution is 0.0846. The number of rotatable bonds is 2. The van der Waals surface area contributed by atoms with E-state index in [4.69, 9.17) is 23.2 Å². The third-order valence-electron chi connectivity index (χ3n) is 2.66. The van der Waals surface area contributed by atoms with Crippen LogP contribution in [0.4, 0.5) is 4.39 Å². The van der Waals surface area contributed by atoms with Crippen molar-refractivity contribution < 1.29 is 14.0 Å². The molecular formula is C14H8BrCl2FN2O2. The van der Waals surface area contributed by atoms with Crippen molar-refractivity contribution in [3.8, 4) is 0 Å². The first-order valence-corrected chi connectivity index (χ1v) is 7.45. The Bertz CT molecular complexity index is 756. The molecule has 0 heterocycles. The number of halogens is 4. The quantitative estimate of drug-likeness (QED) is 0.586. The maximum Gasteiger partial charge on any atom is 0.271 e. The van der Waals surface area contributed by atoms with Gasteiger partial charge in [0, 0.05) is 4.47 Å². The summed E-state index contributed by atoms with van der Waals surface area (Å²) >= 11 is 14.6. The molecule has 0 saturated heterocycles. The van der Waals surface area contributed by atoms with Gasteiger partial charge in [0.2, 0.25) is 0 Å². The fourth-order valence-electron chi connectivity index (χ4n) is 1.59. The molecule has 0 unspecified atom stereocenters. The monoisotopic (exact) mass is 404 g/mol. The molecule has 2 rings (SSSR count). The van der Waals surface area contributed by atoms with Crippen LogP contribution in [-0.4, -0.2) is 11.8 Å².